The Hall–Kier alpha value is -3.08. The lowest BCUT2D eigenvalue weighted by atomic mass is 10.0. The maximum atomic E-state index is 14.6. The lowest BCUT2D eigenvalue weighted by Gasteiger charge is -2.07. The third-order valence-corrected chi connectivity index (χ3v) is 5.94. The fraction of sp³-hybridized carbons (Fsp3) is 0.414. The van der Waals surface area contributed by atoms with Crippen molar-refractivity contribution in [3.63, 3.8) is 0 Å². The van der Waals surface area contributed by atoms with E-state index in [1.54, 1.807) is 12.3 Å². The number of hydrogen-bond donors (Lipinski definition) is 0. The number of carbonyl (C=O) groups excluding carboxylic acids is 1. The van der Waals surface area contributed by atoms with Gasteiger partial charge < -0.3 is 4.74 Å². The van der Waals surface area contributed by atoms with Gasteiger partial charge in [-0.1, -0.05) is 89.1 Å². The van der Waals surface area contributed by atoms with Crippen molar-refractivity contribution in [2.75, 3.05) is 0 Å². The Morgan fingerprint density at radius 1 is 0.794 bits per heavy atom. The molecule has 180 valence electrons. The highest BCUT2D eigenvalue weighted by atomic mass is 19.1. The monoisotopic (exact) mass is 462 g/mol. The fourth-order valence-corrected chi connectivity index (χ4v) is 3.96. The van der Waals surface area contributed by atoms with Crippen LogP contribution in [0.5, 0.6) is 5.88 Å². The van der Waals surface area contributed by atoms with Crippen LogP contribution in [0.4, 0.5) is 4.39 Å². The standard InChI is InChI=1S/C29H35FN2O2/c1-3-5-6-7-8-9-10-12-23-15-18-25(26(30)19-23)29(33)34-28-21-31-27(20-32-28)24-16-13-22(11-4-2)14-17-24/h13-21H,3-12H2,1-2H3. The quantitative estimate of drug-likeness (QED) is 0.192. The number of nitrogens with zero attached hydrogens (tertiary/aromatic N) is 2. The van der Waals surface area contributed by atoms with Gasteiger partial charge >= 0.3 is 5.97 Å². The molecule has 0 aliphatic rings. The van der Waals surface area contributed by atoms with Crippen molar-refractivity contribution >= 4 is 5.97 Å². The number of halogens is 1. The van der Waals surface area contributed by atoms with E-state index in [9.17, 15) is 9.18 Å². The number of ether oxygens (including phenoxy) is 1. The van der Waals surface area contributed by atoms with Gasteiger partial charge in [-0.05, 0) is 42.5 Å². The molecule has 0 bridgehead atoms. The first kappa shape index (κ1) is 25.5. The zero-order valence-electron chi connectivity index (χ0n) is 20.4. The van der Waals surface area contributed by atoms with Gasteiger partial charge in [-0.15, -0.1) is 0 Å². The largest absolute Gasteiger partial charge is 0.402 e. The van der Waals surface area contributed by atoms with Gasteiger partial charge in [-0.3, -0.25) is 0 Å². The van der Waals surface area contributed by atoms with Gasteiger partial charge in [0.15, 0.2) is 0 Å². The van der Waals surface area contributed by atoms with Crippen molar-refractivity contribution in [2.45, 2.75) is 78.1 Å². The van der Waals surface area contributed by atoms with E-state index in [1.165, 1.54) is 56.0 Å². The highest BCUT2D eigenvalue weighted by Crippen LogP contribution is 2.20. The number of esters is 1. The van der Waals surface area contributed by atoms with Crippen LogP contribution >= 0.6 is 0 Å². The average Bonchev–Trinajstić information content (AvgIpc) is 2.85. The van der Waals surface area contributed by atoms with Gasteiger partial charge in [0.1, 0.15) is 5.82 Å². The van der Waals surface area contributed by atoms with E-state index in [-0.39, 0.29) is 11.4 Å². The predicted molar refractivity (Wildman–Crippen MR) is 135 cm³/mol. The van der Waals surface area contributed by atoms with E-state index in [1.807, 2.05) is 12.1 Å². The van der Waals surface area contributed by atoms with Crippen LogP contribution < -0.4 is 4.74 Å². The van der Waals surface area contributed by atoms with Crippen LogP contribution in [0.3, 0.4) is 0 Å². The smallest absolute Gasteiger partial charge is 0.347 e. The van der Waals surface area contributed by atoms with Gasteiger partial charge in [-0.2, -0.15) is 0 Å². The molecule has 0 spiro atoms. The van der Waals surface area contributed by atoms with Crippen LogP contribution in [0.25, 0.3) is 11.3 Å². The molecule has 5 heteroatoms. The molecule has 0 fully saturated rings. The minimum atomic E-state index is -0.772. The summed E-state index contributed by atoms with van der Waals surface area (Å²) in [6.45, 7) is 4.36. The molecule has 0 aliphatic carbocycles. The molecule has 1 aromatic heterocycles. The summed E-state index contributed by atoms with van der Waals surface area (Å²) in [6.07, 6.45) is 14.4. The summed E-state index contributed by atoms with van der Waals surface area (Å²) in [5, 5.41) is 0. The molecule has 3 aromatic rings. The van der Waals surface area contributed by atoms with Crippen molar-refractivity contribution in [1.82, 2.24) is 9.97 Å². The number of aryl methyl sites for hydroxylation is 2. The van der Waals surface area contributed by atoms with E-state index in [2.05, 4.69) is 35.9 Å². The predicted octanol–water partition coefficient (Wildman–Crippen LogP) is 7.75. The van der Waals surface area contributed by atoms with Gasteiger partial charge in [0.2, 0.25) is 5.88 Å². The van der Waals surface area contributed by atoms with Crippen LogP contribution in [0.1, 0.15) is 86.7 Å². The second-order valence-corrected chi connectivity index (χ2v) is 8.76. The van der Waals surface area contributed by atoms with Crippen molar-refractivity contribution in [2.24, 2.45) is 0 Å². The summed E-state index contributed by atoms with van der Waals surface area (Å²) in [7, 11) is 0. The zero-order valence-corrected chi connectivity index (χ0v) is 20.4. The SMILES string of the molecule is CCCCCCCCCc1ccc(C(=O)Oc2cnc(-c3ccc(CCC)cc3)cn2)c(F)c1. The highest BCUT2D eigenvalue weighted by molar-refractivity contribution is 5.91. The summed E-state index contributed by atoms with van der Waals surface area (Å²) in [5.41, 5.74) is 3.70. The van der Waals surface area contributed by atoms with Gasteiger partial charge in [0.05, 0.1) is 23.7 Å². The second-order valence-electron chi connectivity index (χ2n) is 8.76. The van der Waals surface area contributed by atoms with Crippen LogP contribution in [0.2, 0.25) is 0 Å². The first-order chi connectivity index (χ1) is 16.6. The molecule has 0 amide bonds. The summed E-state index contributed by atoms with van der Waals surface area (Å²) in [5.74, 6) is -1.30. The summed E-state index contributed by atoms with van der Waals surface area (Å²) < 4.78 is 19.8. The zero-order chi connectivity index (χ0) is 24.2. The lowest BCUT2D eigenvalue weighted by molar-refractivity contribution is 0.0722. The van der Waals surface area contributed by atoms with Crippen molar-refractivity contribution in [3.8, 4) is 17.1 Å². The minimum Gasteiger partial charge on any atom is -0.402 e. The Morgan fingerprint density at radius 3 is 2.15 bits per heavy atom. The highest BCUT2D eigenvalue weighted by Gasteiger charge is 2.16. The topological polar surface area (TPSA) is 52.1 Å². The Kier molecular flexibility index (Phi) is 10.2. The van der Waals surface area contributed by atoms with E-state index in [4.69, 9.17) is 4.74 Å². The van der Waals surface area contributed by atoms with E-state index < -0.39 is 11.8 Å². The average molecular weight is 463 g/mol. The van der Waals surface area contributed by atoms with Gasteiger partial charge in [0, 0.05) is 5.56 Å². The molecule has 0 aliphatic heterocycles. The van der Waals surface area contributed by atoms with Crippen molar-refractivity contribution < 1.29 is 13.9 Å². The number of benzene rings is 2. The van der Waals surface area contributed by atoms with Crippen LogP contribution in [0, 0.1) is 5.82 Å². The first-order valence-electron chi connectivity index (χ1n) is 12.5. The lowest BCUT2D eigenvalue weighted by Crippen LogP contribution is -2.12. The third kappa shape index (κ3) is 7.75. The Labute approximate surface area is 202 Å². The molecule has 0 radical (unpaired) electrons. The molecule has 2 aromatic carbocycles. The fourth-order valence-electron chi connectivity index (χ4n) is 3.96. The van der Waals surface area contributed by atoms with E-state index in [0.717, 1.165) is 43.2 Å². The van der Waals surface area contributed by atoms with Crippen molar-refractivity contribution in [3.05, 3.63) is 77.4 Å². The number of aromatic nitrogens is 2. The Morgan fingerprint density at radius 2 is 1.50 bits per heavy atom. The Balaban J connectivity index is 1.51. The Bertz CT molecular complexity index is 1030. The summed E-state index contributed by atoms with van der Waals surface area (Å²) in [6, 6.07) is 12.9. The van der Waals surface area contributed by atoms with Gasteiger partial charge in [-0.25, -0.2) is 19.2 Å². The molecule has 0 saturated carbocycles. The normalized spacial score (nSPS) is 10.9. The third-order valence-electron chi connectivity index (χ3n) is 5.94. The first-order valence-corrected chi connectivity index (χ1v) is 12.5. The number of unbranched alkanes of at least 4 members (excludes halogenated alkanes) is 6. The molecule has 1 heterocycles. The molecule has 4 nitrogen and oxygen atoms in total. The van der Waals surface area contributed by atoms with Crippen LogP contribution in [-0.4, -0.2) is 15.9 Å². The minimum absolute atomic E-state index is 0.0444. The summed E-state index contributed by atoms with van der Waals surface area (Å²) in [4.78, 5) is 21.0. The molecular weight excluding hydrogens is 427 g/mol. The molecule has 3 rings (SSSR count). The maximum Gasteiger partial charge on any atom is 0.347 e. The second kappa shape index (κ2) is 13.6. The molecular formula is C29H35FN2O2. The van der Waals surface area contributed by atoms with E-state index in [0.29, 0.717) is 5.69 Å². The molecule has 34 heavy (non-hydrogen) atoms. The number of hydrogen-bond acceptors (Lipinski definition) is 4. The van der Waals surface area contributed by atoms with Gasteiger partial charge in [0.25, 0.3) is 0 Å². The van der Waals surface area contributed by atoms with Crippen LogP contribution in [0.15, 0.2) is 54.9 Å². The van der Waals surface area contributed by atoms with E-state index >= 15 is 0 Å². The molecule has 0 atom stereocenters. The van der Waals surface area contributed by atoms with Crippen LogP contribution in [-0.2, 0) is 12.8 Å². The molecule has 0 saturated heterocycles. The molecule has 0 N–H and O–H groups in total. The van der Waals surface area contributed by atoms with Crippen molar-refractivity contribution in [1.29, 1.82) is 0 Å². The number of rotatable bonds is 13. The number of carbonyl (C=O) groups is 1. The molecule has 0 unspecified atom stereocenters. The maximum absolute atomic E-state index is 14.6. The summed E-state index contributed by atoms with van der Waals surface area (Å²) >= 11 is 0.